The minimum atomic E-state index is -3.81. The fraction of sp³-hybridized carbons (Fsp3) is 0.500. The second kappa shape index (κ2) is 6.74. The molecule has 0 amide bonds. The van der Waals surface area contributed by atoms with Crippen LogP contribution < -0.4 is 15.6 Å². The Morgan fingerprint density at radius 1 is 1.21 bits per heavy atom. The second-order valence-corrected chi connectivity index (χ2v) is 5.68. The van der Waals surface area contributed by atoms with Crippen molar-refractivity contribution in [3.8, 4) is 5.75 Å². The van der Waals surface area contributed by atoms with Crippen LogP contribution in [0.25, 0.3) is 0 Å². The molecule has 6 nitrogen and oxygen atoms in total. The predicted octanol–water partition coefficient (Wildman–Crippen LogP) is 1.03. The summed E-state index contributed by atoms with van der Waals surface area (Å²) in [5.74, 6) is 0.407. The number of benzene rings is 1. The van der Waals surface area contributed by atoms with Crippen LogP contribution in [0.4, 0.5) is 5.69 Å². The normalized spacial score (nSPS) is 11.5. The highest BCUT2D eigenvalue weighted by molar-refractivity contribution is 7.89. The van der Waals surface area contributed by atoms with Crippen LogP contribution in [-0.2, 0) is 14.8 Å². The number of nitrogen functional groups attached to an aromatic ring is 1. The van der Waals surface area contributed by atoms with Crippen molar-refractivity contribution in [3.63, 3.8) is 0 Å². The Labute approximate surface area is 113 Å². The Morgan fingerprint density at radius 2 is 1.89 bits per heavy atom. The van der Waals surface area contributed by atoms with E-state index in [9.17, 15) is 8.42 Å². The number of rotatable bonds is 7. The number of ether oxygens (including phenoxy) is 2. The molecule has 0 aliphatic rings. The van der Waals surface area contributed by atoms with Crippen molar-refractivity contribution in [2.75, 3.05) is 25.6 Å². The molecule has 1 aromatic carbocycles. The van der Waals surface area contributed by atoms with Gasteiger partial charge in [0.25, 0.3) is 0 Å². The molecule has 0 saturated heterocycles. The molecule has 0 bridgehead atoms. The van der Waals surface area contributed by atoms with Gasteiger partial charge < -0.3 is 15.2 Å². The molecule has 0 radical (unpaired) electrons. The van der Waals surface area contributed by atoms with Crippen molar-refractivity contribution in [1.82, 2.24) is 0 Å². The van der Waals surface area contributed by atoms with Crippen molar-refractivity contribution in [2.24, 2.45) is 5.14 Å². The third-order valence-corrected chi connectivity index (χ3v) is 3.51. The summed E-state index contributed by atoms with van der Waals surface area (Å²) in [7, 11) is -3.81. The van der Waals surface area contributed by atoms with Crippen LogP contribution in [-0.4, -0.2) is 28.2 Å². The zero-order chi connectivity index (χ0) is 14.5. The maximum absolute atomic E-state index is 11.4. The molecule has 0 spiro atoms. The predicted molar refractivity (Wildman–Crippen MR) is 73.6 cm³/mol. The van der Waals surface area contributed by atoms with E-state index < -0.39 is 10.0 Å². The van der Waals surface area contributed by atoms with E-state index in [1.54, 1.807) is 13.0 Å². The van der Waals surface area contributed by atoms with E-state index in [0.29, 0.717) is 36.8 Å². The number of hydrogen-bond acceptors (Lipinski definition) is 5. The summed E-state index contributed by atoms with van der Waals surface area (Å²) >= 11 is 0. The Hall–Kier alpha value is -1.31. The summed E-state index contributed by atoms with van der Waals surface area (Å²) < 4.78 is 33.6. The third kappa shape index (κ3) is 4.70. The summed E-state index contributed by atoms with van der Waals surface area (Å²) in [5.41, 5.74) is 6.39. The Bertz CT molecular complexity index is 529. The molecule has 108 valence electrons. The highest BCUT2D eigenvalue weighted by Crippen LogP contribution is 2.27. The molecule has 0 unspecified atom stereocenters. The van der Waals surface area contributed by atoms with Gasteiger partial charge in [-0.2, -0.15) is 0 Å². The Morgan fingerprint density at radius 3 is 2.47 bits per heavy atom. The standard InChI is InChI=1S/C12H20N2O4S/c1-3-4-17-5-6-18-11-7-10(13)8-12(9(11)2)19(14,15)16/h7-8H,3-6,13H2,1-2H3,(H2,14,15,16). The molecule has 1 rings (SSSR count). The Balaban J connectivity index is 2.82. The molecule has 4 N–H and O–H groups in total. The van der Waals surface area contributed by atoms with Crippen LogP contribution in [0, 0.1) is 6.92 Å². The van der Waals surface area contributed by atoms with E-state index in [1.807, 2.05) is 6.92 Å². The first-order chi connectivity index (χ1) is 8.86. The monoisotopic (exact) mass is 288 g/mol. The molecular weight excluding hydrogens is 268 g/mol. The van der Waals surface area contributed by atoms with Gasteiger partial charge >= 0.3 is 0 Å². The molecule has 0 fully saturated rings. The number of anilines is 1. The van der Waals surface area contributed by atoms with Gasteiger partial charge in [0.15, 0.2) is 0 Å². The molecule has 1 aromatic rings. The lowest BCUT2D eigenvalue weighted by Gasteiger charge is -2.13. The average molecular weight is 288 g/mol. The van der Waals surface area contributed by atoms with Crippen LogP contribution in [0.3, 0.4) is 0 Å². The van der Waals surface area contributed by atoms with Gasteiger partial charge in [-0.3, -0.25) is 0 Å². The summed E-state index contributed by atoms with van der Waals surface area (Å²) in [6.45, 7) is 5.07. The summed E-state index contributed by atoms with van der Waals surface area (Å²) in [4.78, 5) is -0.0167. The topological polar surface area (TPSA) is 105 Å². The van der Waals surface area contributed by atoms with Gasteiger partial charge in [-0.15, -0.1) is 0 Å². The molecule has 0 aliphatic carbocycles. The molecular formula is C12H20N2O4S. The zero-order valence-corrected chi connectivity index (χ0v) is 12.0. The van der Waals surface area contributed by atoms with Gasteiger partial charge in [0.05, 0.1) is 11.5 Å². The molecule has 0 atom stereocenters. The summed E-state index contributed by atoms with van der Waals surface area (Å²) in [6.07, 6.45) is 0.937. The van der Waals surface area contributed by atoms with E-state index in [1.165, 1.54) is 6.07 Å². The van der Waals surface area contributed by atoms with Crippen molar-refractivity contribution in [3.05, 3.63) is 17.7 Å². The lowest BCUT2D eigenvalue weighted by Crippen LogP contribution is -2.15. The Kier molecular flexibility index (Phi) is 5.59. The molecule has 19 heavy (non-hydrogen) atoms. The quantitative estimate of drug-likeness (QED) is 0.576. The number of nitrogens with two attached hydrogens (primary N) is 2. The average Bonchev–Trinajstić information content (AvgIpc) is 2.31. The minimum Gasteiger partial charge on any atom is -0.491 e. The van der Waals surface area contributed by atoms with Crippen LogP contribution >= 0.6 is 0 Å². The van der Waals surface area contributed by atoms with Crippen molar-refractivity contribution in [2.45, 2.75) is 25.2 Å². The smallest absolute Gasteiger partial charge is 0.238 e. The lowest BCUT2D eigenvalue weighted by molar-refractivity contribution is 0.100. The van der Waals surface area contributed by atoms with Crippen LogP contribution in [0.1, 0.15) is 18.9 Å². The van der Waals surface area contributed by atoms with E-state index in [2.05, 4.69) is 0 Å². The van der Waals surface area contributed by atoms with E-state index in [-0.39, 0.29) is 4.90 Å². The number of hydrogen-bond donors (Lipinski definition) is 2. The van der Waals surface area contributed by atoms with Gasteiger partial charge in [-0.25, -0.2) is 13.6 Å². The molecule has 0 heterocycles. The van der Waals surface area contributed by atoms with E-state index >= 15 is 0 Å². The SMILES string of the molecule is CCCOCCOc1cc(N)cc(S(N)(=O)=O)c1C. The maximum atomic E-state index is 11.4. The van der Waals surface area contributed by atoms with E-state index in [0.717, 1.165) is 6.42 Å². The number of sulfonamides is 1. The first-order valence-electron chi connectivity index (χ1n) is 5.99. The van der Waals surface area contributed by atoms with Gasteiger partial charge in [0.1, 0.15) is 12.4 Å². The van der Waals surface area contributed by atoms with Crippen LogP contribution in [0.5, 0.6) is 5.75 Å². The minimum absolute atomic E-state index is 0.0167. The zero-order valence-electron chi connectivity index (χ0n) is 11.2. The van der Waals surface area contributed by atoms with Crippen LogP contribution in [0.15, 0.2) is 17.0 Å². The first kappa shape index (κ1) is 15.7. The van der Waals surface area contributed by atoms with Gasteiger partial charge in [-0.05, 0) is 19.4 Å². The maximum Gasteiger partial charge on any atom is 0.238 e. The van der Waals surface area contributed by atoms with E-state index in [4.69, 9.17) is 20.3 Å². The molecule has 0 saturated carbocycles. The largest absolute Gasteiger partial charge is 0.491 e. The highest BCUT2D eigenvalue weighted by Gasteiger charge is 2.16. The van der Waals surface area contributed by atoms with Crippen molar-refractivity contribution in [1.29, 1.82) is 0 Å². The third-order valence-electron chi connectivity index (χ3n) is 2.47. The fourth-order valence-electron chi connectivity index (χ4n) is 1.58. The molecule has 0 aliphatic heterocycles. The first-order valence-corrected chi connectivity index (χ1v) is 7.54. The summed E-state index contributed by atoms with van der Waals surface area (Å²) in [5, 5.41) is 5.13. The van der Waals surface area contributed by atoms with Gasteiger partial charge in [0.2, 0.25) is 10.0 Å². The fourth-order valence-corrected chi connectivity index (χ4v) is 2.41. The highest BCUT2D eigenvalue weighted by atomic mass is 32.2. The second-order valence-electron chi connectivity index (χ2n) is 4.15. The van der Waals surface area contributed by atoms with Crippen molar-refractivity contribution >= 4 is 15.7 Å². The van der Waals surface area contributed by atoms with Gasteiger partial charge in [-0.1, -0.05) is 6.92 Å². The lowest BCUT2D eigenvalue weighted by atomic mass is 10.2. The van der Waals surface area contributed by atoms with Crippen molar-refractivity contribution < 1.29 is 17.9 Å². The molecule has 7 heteroatoms. The molecule has 0 aromatic heterocycles. The summed E-state index contributed by atoms with van der Waals surface area (Å²) in [6, 6.07) is 2.90. The van der Waals surface area contributed by atoms with Gasteiger partial charge in [0, 0.05) is 23.9 Å². The number of primary sulfonamides is 1. The van der Waals surface area contributed by atoms with Crippen LogP contribution in [0.2, 0.25) is 0 Å².